The molecule has 1 fully saturated rings. The van der Waals surface area contributed by atoms with Crippen molar-refractivity contribution in [2.75, 3.05) is 6.61 Å². The molecule has 0 aromatic heterocycles. The average Bonchev–Trinajstić information content (AvgIpc) is 2.88. The van der Waals surface area contributed by atoms with E-state index in [9.17, 15) is 15.0 Å². The third-order valence-electron chi connectivity index (χ3n) is 5.56. The fraction of sp³-hybridized carbons (Fsp3) is 0.783. The molecule has 4 heteroatoms. The first-order chi connectivity index (χ1) is 13.0. The van der Waals surface area contributed by atoms with E-state index in [4.69, 9.17) is 4.74 Å². The van der Waals surface area contributed by atoms with Gasteiger partial charge in [-0.1, -0.05) is 57.4 Å². The molecule has 1 rings (SSSR count). The minimum Gasteiger partial charge on any atom is -0.466 e. The quantitative estimate of drug-likeness (QED) is 0.274. The molecule has 4 nitrogen and oxygen atoms in total. The summed E-state index contributed by atoms with van der Waals surface area (Å²) in [5, 5.41) is 20.5. The van der Waals surface area contributed by atoms with Gasteiger partial charge in [-0.25, -0.2) is 0 Å². The lowest BCUT2D eigenvalue weighted by Gasteiger charge is -2.20. The van der Waals surface area contributed by atoms with Gasteiger partial charge in [-0.2, -0.15) is 0 Å². The van der Waals surface area contributed by atoms with Crippen LogP contribution in [0.15, 0.2) is 24.3 Å². The van der Waals surface area contributed by atoms with E-state index in [1.807, 2.05) is 6.08 Å². The second-order valence-electron chi connectivity index (χ2n) is 8.01. The summed E-state index contributed by atoms with van der Waals surface area (Å²) in [5.41, 5.74) is 0. The molecule has 0 spiro atoms. The highest BCUT2D eigenvalue weighted by Gasteiger charge is 2.37. The molecule has 1 aliphatic carbocycles. The lowest BCUT2D eigenvalue weighted by molar-refractivity contribution is -0.141. The van der Waals surface area contributed by atoms with Crippen molar-refractivity contribution in [2.24, 2.45) is 17.8 Å². The van der Waals surface area contributed by atoms with Crippen LogP contribution in [-0.2, 0) is 9.53 Å². The number of allylic oxidation sites excluding steroid dienone is 3. The Balaban J connectivity index is 2.37. The van der Waals surface area contributed by atoms with Crippen molar-refractivity contribution in [2.45, 2.75) is 90.8 Å². The molecular weight excluding hydrogens is 340 g/mol. The van der Waals surface area contributed by atoms with Crippen molar-refractivity contribution in [1.82, 2.24) is 0 Å². The molecule has 1 aliphatic rings. The molecule has 0 saturated heterocycles. The summed E-state index contributed by atoms with van der Waals surface area (Å²) in [6, 6.07) is 0. The monoisotopic (exact) mass is 380 g/mol. The van der Waals surface area contributed by atoms with Crippen LogP contribution in [0.25, 0.3) is 0 Å². The molecule has 1 saturated carbocycles. The standard InChI is InChI=1S/C23H40O4/c1-4-5-9-12-20(25)14-15-21-18(2)17-23(26)22(21)13-10-7-6-8-11-16-27-19(3)24/h7,10,14-15,18,20-23,25-26H,4-6,8-9,11-13,16-17H2,1-3H3/b10-7-,15-14+/t18-,20+,21+,22-,23+/m1/s1. The first-order valence-electron chi connectivity index (χ1n) is 10.8. The topological polar surface area (TPSA) is 66.8 Å². The van der Waals surface area contributed by atoms with E-state index < -0.39 is 0 Å². The van der Waals surface area contributed by atoms with Crippen molar-refractivity contribution in [3.05, 3.63) is 24.3 Å². The van der Waals surface area contributed by atoms with E-state index in [2.05, 4.69) is 32.1 Å². The minimum atomic E-state index is -0.366. The fourth-order valence-corrected chi connectivity index (χ4v) is 3.95. The van der Waals surface area contributed by atoms with Gasteiger partial charge in [0, 0.05) is 6.92 Å². The molecule has 27 heavy (non-hydrogen) atoms. The summed E-state index contributed by atoms with van der Waals surface area (Å²) in [6.07, 6.45) is 16.6. The zero-order chi connectivity index (χ0) is 20.1. The Labute approximate surface area is 165 Å². The maximum atomic E-state index is 10.7. The number of aliphatic hydroxyl groups is 2. The Kier molecular flexibility index (Phi) is 12.4. The third-order valence-corrected chi connectivity index (χ3v) is 5.56. The molecule has 0 aromatic rings. The van der Waals surface area contributed by atoms with Gasteiger partial charge < -0.3 is 14.9 Å². The first kappa shape index (κ1) is 23.9. The summed E-state index contributed by atoms with van der Waals surface area (Å²) in [4.78, 5) is 10.7. The van der Waals surface area contributed by atoms with Crippen molar-refractivity contribution in [3.63, 3.8) is 0 Å². The second-order valence-corrected chi connectivity index (χ2v) is 8.01. The van der Waals surface area contributed by atoms with Gasteiger partial charge in [0.25, 0.3) is 0 Å². The van der Waals surface area contributed by atoms with E-state index >= 15 is 0 Å². The summed E-state index contributed by atoms with van der Waals surface area (Å²) >= 11 is 0. The number of rotatable bonds is 13. The number of aliphatic hydroxyl groups excluding tert-OH is 2. The fourth-order valence-electron chi connectivity index (χ4n) is 3.95. The molecule has 0 radical (unpaired) electrons. The zero-order valence-electron chi connectivity index (χ0n) is 17.5. The molecule has 0 aromatic carbocycles. The largest absolute Gasteiger partial charge is 0.466 e. The van der Waals surface area contributed by atoms with Gasteiger partial charge in [0.15, 0.2) is 0 Å². The van der Waals surface area contributed by atoms with Crippen molar-refractivity contribution >= 4 is 5.97 Å². The second kappa shape index (κ2) is 14.0. The molecule has 0 heterocycles. The highest BCUT2D eigenvalue weighted by atomic mass is 16.5. The molecule has 156 valence electrons. The van der Waals surface area contributed by atoms with Gasteiger partial charge in [-0.15, -0.1) is 0 Å². The predicted molar refractivity (Wildman–Crippen MR) is 110 cm³/mol. The first-order valence-corrected chi connectivity index (χ1v) is 10.8. The van der Waals surface area contributed by atoms with Gasteiger partial charge >= 0.3 is 5.97 Å². The van der Waals surface area contributed by atoms with E-state index in [0.29, 0.717) is 18.4 Å². The highest BCUT2D eigenvalue weighted by Crippen LogP contribution is 2.40. The molecule has 0 amide bonds. The van der Waals surface area contributed by atoms with E-state index in [1.54, 1.807) is 0 Å². The van der Waals surface area contributed by atoms with Crippen LogP contribution in [0.2, 0.25) is 0 Å². The van der Waals surface area contributed by atoms with Crippen molar-refractivity contribution in [1.29, 1.82) is 0 Å². The van der Waals surface area contributed by atoms with Crippen LogP contribution >= 0.6 is 0 Å². The Hall–Kier alpha value is -1.13. The lowest BCUT2D eigenvalue weighted by Crippen LogP contribution is -2.18. The molecule has 0 bridgehead atoms. The summed E-state index contributed by atoms with van der Waals surface area (Å²) < 4.78 is 4.92. The van der Waals surface area contributed by atoms with Gasteiger partial charge in [0.1, 0.15) is 0 Å². The maximum Gasteiger partial charge on any atom is 0.302 e. The zero-order valence-corrected chi connectivity index (χ0v) is 17.5. The van der Waals surface area contributed by atoms with Crippen molar-refractivity contribution in [3.8, 4) is 0 Å². The lowest BCUT2D eigenvalue weighted by atomic mass is 9.86. The van der Waals surface area contributed by atoms with Crippen LogP contribution in [0.3, 0.4) is 0 Å². The SMILES string of the molecule is CCCCC[C@H](O)/C=C/[C@@H]1[C@@H](C/C=C\CCCCOC(C)=O)[C@@H](O)C[C@H]1C. The van der Waals surface area contributed by atoms with Gasteiger partial charge in [0.2, 0.25) is 0 Å². The van der Waals surface area contributed by atoms with Crippen LogP contribution in [0, 0.1) is 17.8 Å². The number of carbonyl (C=O) groups is 1. The number of carbonyl (C=O) groups excluding carboxylic acids is 1. The summed E-state index contributed by atoms with van der Waals surface area (Å²) in [6.45, 7) is 6.29. The van der Waals surface area contributed by atoms with Crippen LogP contribution in [-0.4, -0.2) is 35.0 Å². The Morgan fingerprint density at radius 2 is 2.00 bits per heavy atom. The van der Waals surface area contributed by atoms with Crippen LogP contribution < -0.4 is 0 Å². The molecule has 2 N–H and O–H groups in total. The Morgan fingerprint density at radius 3 is 2.70 bits per heavy atom. The Morgan fingerprint density at radius 1 is 1.22 bits per heavy atom. The number of unbranched alkanes of at least 4 members (excludes halogenated alkanes) is 4. The number of hydrogen-bond donors (Lipinski definition) is 2. The van der Waals surface area contributed by atoms with Gasteiger partial charge in [0.05, 0.1) is 18.8 Å². The smallest absolute Gasteiger partial charge is 0.302 e. The van der Waals surface area contributed by atoms with E-state index in [0.717, 1.165) is 51.4 Å². The van der Waals surface area contributed by atoms with Gasteiger partial charge in [-0.3, -0.25) is 4.79 Å². The highest BCUT2D eigenvalue weighted by molar-refractivity contribution is 5.65. The van der Waals surface area contributed by atoms with Crippen LogP contribution in [0.5, 0.6) is 0 Å². The van der Waals surface area contributed by atoms with Gasteiger partial charge in [-0.05, 0) is 56.3 Å². The van der Waals surface area contributed by atoms with Crippen LogP contribution in [0.4, 0.5) is 0 Å². The van der Waals surface area contributed by atoms with Crippen molar-refractivity contribution < 1.29 is 19.7 Å². The summed E-state index contributed by atoms with van der Waals surface area (Å²) in [5.74, 6) is 0.788. The summed E-state index contributed by atoms with van der Waals surface area (Å²) in [7, 11) is 0. The molecular formula is C23H40O4. The third kappa shape index (κ3) is 10.1. The van der Waals surface area contributed by atoms with E-state index in [-0.39, 0.29) is 24.1 Å². The molecule has 5 atom stereocenters. The molecule has 0 aliphatic heterocycles. The number of ether oxygens (including phenoxy) is 1. The minimum absolute atomic E-state index is 0.218. The van der Waals surface area contributed by atoms with Crippen LogP contribution in [0.1, 0.15) is 78.6 Å². The van der Waals surface area contributed by atoms with E-state index in [1.165, 1.54) is 13.3 Å². The normalized spacial score (nSPS) is 26.9. The predicted octanol–water partition coefficient (Wildman–Crippen LogP) is 4.80. The number of esters is 1. The number of hydrogen-bond acceptors (Lipinski definition) is 4. The average molecular weight is 381 g/mol. The maximum absolute atomic E-state index is 10.7. The Bertz CT molecular complexity index is 457. The molecule has 0 unspecified atom stereocenters.